The smallest absolute Gasteiger partial charge is 0.336 e. The lowest BCUT2D eigenvalue weighted by molar-refractivity contribution is 0.0697. The van der Waals surface area contributed by atoms with Crippen LogP contribution in [-0.4, -0.2) is 17.4 Å². The van der Waals surface area contributed by atoms with Crippen LogP contribution in [0.4, 0.5) is 0 Å². The summed E-state index contributed by atoms with van der Waals surface area (Å²) in [6, 6.07) is 18.0. The molecule has 0 radical (unpaired) electrons. The molecule has 0 bridgehead atoms. The third-order valence-electron chi connectivity index (χ3n) is 3.49. The van der Waals surface area contributed by atoms with Gasteiger partial charge in [0.1, 0.15) is 0 Å². The number of carbonyl (C=O) groups excluding carboxylic acids is 1. The molecule has 0 fully saturated rings. The van der Waals surface area contributed by atoms with Crippen LogP contribution in [-0.2, 0) is 0 Å². The van der Waals surface area contributed by atoms with E-state index in [4.69, 9.17) is 0 Å². The van der Waals surface area contributed by atoms with Gasteiger partial charge in [-0.15, -0.1) is 0 Å². The average molecular weight is 276 g/mol. The highest BCUT2D eigenvalue weighted by Gasteiger charge is 2.15. The summed E-state index contributed by atoms with van der Waals surface area (Å²) in [7, 11) is 0. The largest absolute Gasteiger partial charge is 0.478 e. The van der Waals surface area contributed by atoms with Crippen LogP contribution < -0.4 is 0 Å². The molecular formula is C18H12O3. The molecule has 0 aliphatic heterocycles. The summed E-state index contributed by atoms with van der Waals surface area (Å²) in [5.41, 5.74) is 1.87. The normalized spacial score (nSPS) is 10.5. The van der Waals surface area contributed by atoms with Gasteiger partial charge in [-0.05, 0) is 34.0 Å². The number of hydrogen-bond acceptors (Lipinski definition) is 2. The summed E-state index contributed by atoms with van der Waals surface area (Å²) < 4.78 is 0. The summed E-state index contributed by atoms with van der Waals surface area (Å²) in [4.78, 5) is 22.7. The molecule has 0 aliphatic carbocycles. The molecule has 3 rings (SSSR count). The van der Waals surface area contributed by atoms with Crippen molar-refractivity contribution < 1.29 is 14.7 Å². The number of benzene rings is 3. The fourth-order valence-corrected chi connectivity index (χ4v) is 2.49. The Hall–Kier alpha value is -2.94. The molecule has 3 aromatic carbocycles. The van der Waals surface area contributed by atoms with Gasteiger partial charge in [0.05, 0.1) is 5.56 Å². The quantitative estimate of drug-likeness (QED) is 0.735. The molecule has 0 aromatic heterocycles. The van der Waals surface area contributed by atoms with E-state index in [2.05, 4.69) is 0 Å². The number of carbonyl (C=O) groups is 2. The molecule has 3 nitrogen and oxygen atoms in total. The van der Waals surface area contributed by atoms with Crippen molar-refractivity contribution in [3.63, 3.8) is 0 Å². The third-order valence-corrected chi connectivity index (χ3v) is 3.49. The van der Waals surface area contributed by atoms with E-state index in [9.17, 15) is 14.7 Å². The van der Waals surface area contributed by atoms with Crippen molar-refractivity contribution in [1.82, 2.24) is 0 Å². The summed E-state index contributed by atoms with van der Waals surface area (Å²) in [5, 5.41) is 11.3. The summed E-state index contributed by atoms with van der Waals surface area (Å²) in [5.74, 6) is -1.00. The van der Waals surface area contributed by atoms with Gasteiger partial charge < -0.3 is 5.11 Å². The summed E-state index contributed by atoms with van der Waals surface area (Å²) in [6.07, 6.45) is 0.746. The molecule has 0 unspecified atom stereocenters. The van der Waals surface area contributed by atoms with Gasteiger partial charge in [0.2, 0.25) is 0 Å². The van der Waals surface area contributed by atoms with E-state index in [0.29, 0.717) is 16.7 Å². The van der Waals surface area contributed by atoms with E-state index in [1.807, 2.05) is 30.3 Å². The van der Waals surface area contributed by atoms with E-state index in [1.165, 1.54) is 0 Å². The molecule has 21 heavy (non-hydrogen) atoms. The van der Waals surface area contributed by atoms with Gasteiger partial charge in [-0.2, -0.15) is 0 Å². The molecule has 0 saturated heterocycles. The lowest BCUT2D eigenvalue weighted by Crippen LogP contribution is -2.01. The number of aldehydes is 1. The maximum atomic E-state index is 11.6. The highest BCUT2D eigenvalue weighted by molar-refractivity contribution is 6.04. The molecule has 3 aromatic rings. The highest BCUT2D eigenvalue weighted by Crippen LogP contribution is 2.30. The number of carboxylic acids is 1. The number of rotatable bonds is 3. The average Bonchev–Trinajstić information content (AvgIpc) is 2.53. The Morgan fingerprint density at radius 1 is 0.857 bits per heavy atom. The molecule has 0 amide bonds. The molecule has 102 valence electrons. The van der Waals surface area contributed by atoms with Gasteiger partial charge in [0.15, 0.2) is 6.29 Å². The molecule has 0 aliphatic rings. The minimum absolute atomic E-state index is 0.197. The molecule has 0 spiro atoms. The molecule has 0 heterocycles. The lowest BCUT2D eigenvalue weighted by Gasteiger charge is -2.10. The van der Waals surface area contributed by atoms with Gasteiger partial charge in [0.25, 0.3) is 0 Å². The van der Waals surface area contributed by atoms with Crippen LogP contribution in [0, 0.1) is 0 Å². The second kappa shape index (κ2) is 5.21. The topological polar surface area (TPSA) is 54.4 Å². The van der Waals surface area contributed by atoms with Crippen LogP contribution in [0.1, 0.15) is 20.7 Å². The van der Waals surface area contributed by atoms with E-state index < -0.39 is 5.97 Å². The maximum Gasteiger partial charge on any atom is 0.336 e. The number of carboxylic acid groups (broad SMARTS) is 1. The molecule has 0 saturated carbocycles. The SMILES string of the molecule is O=Cc1ccccc1-c1cc2ccccc2cc1C(=O)O. The zero-order valence-electron chi connectivity index (χ0n) is 11.1. The van der Waals surface area contributed by atoms with Gasteiger partial charge in [-0.25, -0.2) is 4.79 Å². The number of hydrogen-bond donors (Lipinski definition) is 1. The monoisotopic (exact) mass is 276 g/mol. The van der Waals surface area contributed by atoms with Crippen LogP contribution in [0.15, 0.2) is 60.7 Å². The Morgan fingerprint density at radius 2 is 1.48 bits per heavy atom. The first-order valence-corrected chi connectivity index (χ1v) is 6.51. The van der Waals surface area contributed by atoms with Crippen LogP contribution in [0.25, 0.3) is 21.9 Å². The fraction of sp³-hybridized carbons (Fsp3) is 0. The summed E-state index contributed by atoms with van der Waals surface area (Å²) in [6.45, 7) is 0. The van der Waals surface area contributed by atoms with E-state index in [1.54, 1.807) is 30.3 Å². The van der Waals surface area contributed by atoms with Crippen LogP contribution in [0.2, 0.25) is 0 Å². The first-order valence-electron chi connectivity index (χ1n) is 6.51. The Labute approximate surface area is 121 Å². The van der Waals surface area contributed by atoms with E-state index in [0.717, 1.165) is 17.1 Å². The number of aromatic carboxylic acids is 1. The highest BCUT2D eigenvalue weighted by atomic mass is 16.4. The van der Waals surface area contributed by atoms with Crippen molar-refractivity contribution in [2.75, 3.05) is 0 Å². The molecule has 1 N–H and O–H groups in total. The predicted octanol–water partition coefficient (Wildman–Crippen LogP) is 4.02. The van der Waals surface area contributed by atoms with Crippen LogP contribution in [0.3, 0.4) is 0 Å². The Kier molecular flexibility index (Phi) is 3.24. The van der Waals surface area contributed by atoms with Crippen LogP contribution in [0.5, 0.6) is 0 Å². The standard InChI is InChI=1S/C18H12O3/c19-11-14-7-3-4-8-15(14)16-9-12-5-1-2-6-13(12)10-17(16)18(20)21/h1-11H,(H,20,21). The first kappa shape index (κ1) is 13.1. The van der Waals surface area contributed by atoms with Crippen molar-refractivity contribution >= 4 is 23.0 Å². The zero-order valence-corrected chi connectivity index (χ0v) is 11.1. The first-order chi connectivity index (χ1) is 10.2. The predicted molar refractivity (Wildman–Crippen MR) is 81.7 cm³/mol. The minimum atomic E-state index is -1.00. The van der Waals surface area contributed by atoms with Gasteiger partial charge in [-0.1, -0.05) is 48.5 Å². The zero-order chi connectivity index (χ0) is 14.8. The maximum absolute atomic E-state index is 11.6. The Morgan fingerprint density at radius 3 is 2.14 bits per heavy atom. The van der Waals surface area contributed by atoms with Crippen molar-refractivity contribution in [2.45, 2.75) is 0 Å². The van der Waals surface area contributed by atoms with Gasteiger partial charge >= 0.3 is 5.97 Å². The summed E-state index contributed by atoms with van der Waals surface area (Å²) >= 11 is 0. The van der Waals surface area contributed by atoms with Crippen molar-refractivity contribution in [3.8, 4) is 11.1 Å². The van der Waals surface area contributed by atoms with Crippen molar-refractivity contribution in [1.29, 1.82) is 0 Å². The Balaban J connectivity index is 2.37. The fourth-order valence-electron chi connectivity index (χ4n) is 2.49. The minimum Gasteiger partial charge on any atom is -0.478 e. The molecular weight excluding hydrogens is 264 g/mol. The lowest BCUT2D eigenvalue weighted by atomic mass is 9.93. The van der Waals surface area contributed by atoms with Gasteiger partial charge in [-0.3, -0.25) is 4.79 Å². The Bertz CT molecular complexity index is 850. The van der Waals surface area contributed by atoms with Crippen molar-refractivity contribution in [3.05, 3.63) is 71.8 Å². The van der Waals surface area contributed by atoms with Gasteiger partial charge in [0, 0.05) is 5.56 Å². The van der Waals surface area contributed by atoms with Crippen molar-refractivity contribution in [2.24, 2.45) is 0 Å². The third kappa shape index (κ3) is 2.30. The second-order valence-corrected chi connectivity index (χ2v) is 4.76. The second-order valence-electron chi connectivity index (χ2n) is 4.76. The molecule has 0 atom stereocenters. The molecule has 3 heteroatoms. The number of fused-ring (bicyclic) bond motifs is 1. The van der Waals surface area contributed by atoms with E-state index >= 15 is 0 Å². The van der Waals surface area contributed by atoms with Crippen LogP contribution >= 0.6 is 0 Å². The van der Waals surface area contributed by atoms with E-state index in [-0.39, 0.29) is 5.56 Å².